The molecule has 106 valence electrons. The van der Waals surface area contributed by atoms with Gasteiger partial charge in [-0.2, -0.15) is 0 Å². The van der Waals surface area contributed by atoms with Crippen molar-refractivity contribution < 1.29 is 5.11 Å². The Morgan fingerprint density at radius 3 is 2.23 bits per heavy atom. The Bertz CT molecular complexity index is 925. The number of phenols is 1. The van der Waals surface area contributed by atoms with E-state index < -0.39 is 0 Å². The van der Waals surface area contributed by atoms with E-state index in [0.29, 0.717) is 0 Å². The van der Waals surface area contributed by atoms with E-state index in [1.54, 1.807) is 12.1 Å². The molecule has 0 radical (unpaired) electrons. The van der Waals surface area contributed by atoms with Crippen molar-refractivity contribution in [2.24, 2.45) is 0 Å². The number of aromatic hydroxyl groups is 1. The Balaban J connectivity index is 2.04. The Morgan fingerprint density at radius 2 is 1.45 bits per heavy atom. The minimum atomic E-state index is 0.263. The maximum absolute atomic E-state index is 9.53. The predicted octanol–water partition coefficient (Wildman–Crippen LogP) is 4.37. The van der Waals surface area contributed by atoms with Crippen LogP contribution in [0.25, 0.3) is 28.2 Å². The quantitative estimate of drug-likeness (QED) is 0.594. The molecule has 0 fully saturated rings. The first-order valence-electron chi connectivity index (χ1n) is 7.15. The summed E-state index contributed by atoms with van der Waals surface area (Å²) in [6.45, 7) is 0. The van der Waals surface area contributed by atoms with Crippen molar-refractivity contribution in [2.75, 3.05) is 0 Å². The zero-order valence-electron chi connectivity index (χ0n) is 11.8. The average molecular weight is 286 g/mol. The molecular weight excluding hydrogens is 272 g/mol. The van der Waals surface area contributed by atoms with Crippen LogP contribution >= 0.6 is 0 Å². The molecule has 0 bridgehead atoms. The minimum Gasteiger partial charge on any atom is -0.508 e. The molecule has 3 nitrogen and oxygen atoms in total. The lowest BCUT2D eigenvalue weighted by atomic mass is 10.0. The molecule has 1 N–H and O–H groups in total. The molecule has 4 aromatic rings. The molecule has 3 heteroatoms. The number of pyridine rings is 1. The van der Waals surface area contributed by atoms with Crippen LogP contribution in [-0.2, 0) is 0 Å². The van der Waals surface area contributed by atoms with Crippen LogP contribution in [0.4, 0.5) is 0 Å². The van der Waals surface area contributed by atoms with Crippen LogP contribution in [0.15, 0.2) is 79.0 Å². The molecule has 0 spiro atoms. The highest BCUT2D eigenvalue weighted by Gasteiger charge is 2.15. The first kappa shape index (κ1) is 12.7. The second-order valence-electron chi connectivity index (χ2n) is 5.15. The van der Waals surface area contributed by atoms with E-state index >= 15 is 0 Å². The molecule has 0 saturated carbocycles. The van der Waals surface area contributed by atoms with Crippen LogP contribution in [0, 0.1) is 0 Å². The number of rotatable bonds is 2. The molecule has 4 rings (SSSR count). The minimum absolute atomic E-state index is 0.263. The van der Waals surface area contributed by atoms with Gasteiger partial charge >= 0.3 is 0 Å². The third-order valence-corrected chi connectivity index (χ3v) is 3.72. The number of aromatic nitrogens is 2. The zero-order valence-corrected chi connectivity index (χ0v) is 11.8. The number of imidazole rings is 1. The van der Waals surface area contributed by atoms with Crippen molar-refractivity contribution in [1.82, 2.24) is 9.38 Å². The fourth-order valence-electron chi connectivity index (χ4n) is 2.69. The first-order valence-corrected chi connectivity index (χ1v) is 7.15. The molecule has 0 amide bonds. The second kappa shape index (κ2) is 5.04. The van der Waals surface area contributed by atoms with Gasteiger partial charge in [0.25, 0.3) is 0 Å². The van der Waals surface area contributed by atoms with Gasteiger partial charge in [0.2, 0.25) is 0 Å². The molecule has 0 atom stereocenters. The smallest absolute Gasteiger partial charge is 0.137 e. The lowest BCUT2D eigenvalue weighted by molar-refractivity contribution is 0.475. The molecule has 0 aliphatic rings. The Kier molecular flexibility index (Phi) is 2.90. The standard InChI is InChI=1S/C19H14N2O/c22-16-11-9-15(10-12-16)19-18(14-6-2-1-3-7-14)20-17-8-4-5-13-21(17)19/h1-13,22H. The highest BCUT2D eigenvalue weighted by molar-refractivity contribution is 5.82. The number of benzene rings is 2. The number of nitrogens with zero attached hydrogens (tertiary/aromatic N) is 2. The molecule has 0 saturated heterocycles. The number of hydrogen-bond acceptors (Lipinski definition) is 2. The fourth-order valence-corrected chi connectivity index (χ4v) is 2.69. The van der Waals surface area contributed by atoms with E-state index in [2.05, 4.69) is 16.5 Å². The summed E-state index contributed by atoms with van der Waals surface area (Å²) >= 11 is 0. The van der Waals surface area contributed by atoms with Crippen molar-refractivity contribution in [2.45, 2.75) is 0 Å². The summed E-state index contributed by atoms with van der Waals surface area (Å²) in [5, 5.41) is 9.53. The van der Waals surface area contributed by atoms with E-state index in [1.807, 2.05) is 54.7 Å². The number of fused-ring (bicyclic) bond motifs is 1. The summed E-state index contributed by atoms with van der Waals surface area (Å²) in [5.74, 6) is 0.263. The molecular formula is C19H14N2O. The van der Waals surface area contributed by atoms with Gasteiger partial charge in [0.15, 0.2) is 0 Å². The summed E-state index contributed by atoms with van der Waals surface area (Å²) in [5.41, 5.74) is 4.98. The Labute approximate surface area is 128 Å². The summed E-state index contributed by atoms with van der Waals surface area (Å²) < 4.78 is 2.08. The van der Waals surface area contributed by atoms with Gasteiger partial charge in [-0.3, -0.25) is 4.40 Å². The predicted molar refractivity (Wildman–Crippen MR) is 87.7 cm³/mol. The highest BCUT2D eigenvalue weighted by Crippen LogP contribution is 2.33. The van der Waals surface area contributed by atoms with Gasteiger partial charge in [-0.25, -0.2) is 4.98 Å². The molecule has 2 aromatic carbocycles. The fraction of sp³-hybridized carbons (Fsp3) is 0. The van der Waals surface area contributed by atoms with E-state index in [-0.39, 0.29) is 5.75 Å². The van der Waals surface area contributed by atoms with Gasteiger partial charge in [0.05, 0.1) is 11.4 Å². The van der Waals surface area contributed by atoms with Crippen molar-refractivity contribution in [3.63, 3.8) is 0 Å². The normalized spacial score (nSPS) is 10.9. The molecule has 22 heavy (non-hydrogen) atoms. The van der Waals surface area contributed by atoms with Crippen LogP contribution in [-0.4, -0.2) is 14.5 Å². The number of phenolic OH excluding ortho intramolecular Hbond substituents is 1. The van der Waals surface area contributed by atoms with E-state index in [9.17, 15) is 5.11 Å². The van der Waals surface area contributed by atoms with Crippen LogP contribution in [0.2, 0.25) is 0 Å². The highest BCUT2D eigenvalue weighted by atomic mass is 16.3. The molecule has 2 heterocycles. The Morgan fingerprint density at radius 1 is 0.727 bits per heavy atom. The van der Waals surface area contributed by atoms with Crippen molar-refractivity contribution >= 4 is 5.65 Å². The monoisotopic (exact) mass is 286 g/mol. The lowest BCUT2D eigenvalue weighted by Gasteiger charge is -2.06. The second-order valence-corrected chi connectivity index (χ2v) is 5.15. The van der Waals surface area contributed by atoms with E-state index in [0.717, 1.165) is 28.2 Å². The molecule has 2 aromatic heterocycles. The van der Waals surface area contributed by atoms with Crippen LogP contribution < -0.4 is 0 Å². The zero-order chi connectivity index (χ0) is 14.9. The van der Waals surface area contributed by atoms with Crippen LogP contribution in [0.1, 0.15) is 0 Å². The lowest BCUT2D eigenvalue weighted by Crippen LogP contribution is -1.88. The van der Waals surface area contributed by atoms with Crippen molar-refractivity contribution in [3.8, 4) is 28.3 Å². The first-order chi connectivity index (χ1) is 10.8. The maximum Gasteiger partial charge on any atom is 0.137 e. The van der Waals surface area contributed by atoms with E-state index in [4.69, 9.17) is 4.98 Å². The third kappa shape index (κ3) is 2.04. The molecule has 0 unspecified atom stereocenters. The van der Waals surface area contributed by atoms with Gasteiger partial charge in [0, 0.05) is 17.3 Å². The van der Waals surface area contributed by atoms with Gasteiger partial charge in [-0.15, -0.1) is 0 Å². The largest absolute Gasteiger partial charge is 0.508 e. The summed E-state index contributed by atoms with van der Waals surface area (Å²) in [6.07, 6.45) is 2.01. The van der Waals surface area contributed by atoms with Gasteiger partial charge in [-0.1, -0.05) is 36.4 Å². The molecule has 0 aliphatic heterocycles. The van der Waals surface area contributed by atoms with Gasteiger partial charge in [-0.05, 0) is 36.4 Å². The van der Waals surface area contributed by atoms with Gasteiger partial charge < -0.3 is 5.11 Å². The topological polar surface area (TPSA) is 37.5 Å². The summed E-state index contributed by atoms with van der Waals surface area (Å²) in [7, 11) is 0. The maximum atomic E-state index is 9.53. The van der Waals surface area contributed by atoms with E-state index in [1.165, 1.54) is 0 Å². The van der Waals surface area contributed by atoms with Crippen LogP contribution in [0.3, 0.4) is 0 Å². The van der Waals surface area contributed by atoms with Crippen molar-refractivity contribution in [1.29, 1.82) is 0 Å². The van der Waals surface area contributed by atoms with Gasteiger partial charge in [0.1, 0.15) is 11.4 Å². The number of hydrogen-bond donors (Lipinski definition) is 1. The van der Waals surface area contributed by atoms with Crippen LogP contribution in [0.5, 0.6) is 5.75 Å². The summed E-state index contributed by atoms with van der Waals surface area (Å²) in [6, 6.07) is 23.4. The molecule has 0 aliphatic carbocycles. The average Bonchev–Trinajstić information content (AvgIpc) is 2.96. The Hall–Kier alpha value is -3.07. The third-order valence-electron chi connectivity index (χ3n) is 3.72. The van der Waals surface area contributed by atoms with Crippen molar-refractivity contribution in [3.05, 3.63) is 79.0 Å². The SMILES string of the molecule is Oc1ccc(-c2c(-c3ccccc3)nc3ccccn23)cc1. The summed E-state index contributed by atoms with van der Waals surface area (Å²) in [4.78, 5) is 4.78.